The van der Waals surface area contributed by atoms with Gasteiger partial charge in [-0.2, -0.15) is 11.8 Å². The van der Waals surface area contributed by atoms with Gasteiger partial charge in [-0.05, 0) is 12.1 Å². The van der Waals surface area contributed by atoms with Gasteiger partial charge in [0.2, 0.25) is 0 Å². The second-order valence-corrected chi connectivity index (χ2v) is 5.01. The molecule has 1 aliphatic heterocycles. The Morgan fingerprint density at radius 1 is 1.36 bits per heavy atom. The van der Waals surface area contributed by atoms with Crippen molar-refractivity contribution in [3.05, 3.63) is 30.3 Å². The molecule has 11 heavy (non-hydrogen) atoms. The Morgan fingerprint density at radius 3 is 2.73 bits per heavy atom. The van der Waals surface area contributed by atoms with Crippen molar-refractivity contribution < 1.29 is 0 Å². The first-order valence-corrected chi connectivity index (χ1v) is 5.78. The monoisotopic (exact) mass is 182 g/mol. The normalized spacial score (nSPS) is 21.6. The van der Waals surface area contributed by atoms with E-state index in [2.05, 4.69) is 42.1 Å². The van der Waals surface area contributed by atoms with Crippen LogP contribution >= 0.6 is 23.5 Å². The molecule has 1 aromatic carbocycles. The quantitative estimate of drug-likeness (QED) is 0.521. The van der Waals surface area contributed by atoms with E-state index in [4.69, 9.17) is 0 Å². The van der Waals surface area contributed by atoms with E-state index in [0.29, 0.717) is 0 Å². The highest BCUT2D eigenvalue weighted by atomic mass is 32.2. The van der Waals surface area contributed by atoms with Gasteiger partial charge >= 0.3 is 0 Å². The van der Waals surface area contributed by atoms with Gasteiger partial charge in [-0.3, -0.25) is 0 Å². The first-order valence-electron chi connectivity index (χ1n) is 3.74. The SMILES string of the molecule is c1ccc(SC[C@H]2CS2)cc1. The van der Waals surface area contributed by atoms with Crippen molar-refractivity contribution >= 4 is 23.5 Å². The number of hydrogen-bond donors (Lipinski definition) is 0. The summed E-state index contributed by atoms with van der Waals surface area (Å²) in [4.78, 5) is 1.40. The van der Waals surface area contributed by atoms with Crippen molar-refractivity contribution in [2.45, 2.75) is 10.1 Å². The van der Waals surface area contributed by atoms with Crippen LogP contribution in [0.15, 0.2) is 35.2 Å². The first-order chi connectivity index (χ1) is 5.45. The van der Waals surface area contributed by atoms with Gasteiger partial charge in [-0.15, -0.1) is 11.8 Å². The third-order valence-electron chi connectivity index (χ3n) is 1.58. The molecule has 0 amide bonds. The second kappa shape index (κ2) is 3.55. The number of hydrogen-bond acceptors (Lipinski definition) is 2. The van der Waals surface area contributed by atoms with Crippen LogP contribution in [-0.4, -0.2) is 16.8 Å². The maximum absolute atomic E-state index is 2.18. The highest BCUT2D eigenvalue weighted by Gasteiger charge is 2.21. The van der Waals surface area contributed by atoms with Crippen LogP contribution in [0.25, 0.3) is 0 Å². The molecule has 1 fully saturated rings. The van der Waals surface area contributed by atoms with Crippen LogP contribution < -0.4 is 0 Å². The lowest BCUT2D eigenvalue weighted by Crippen LogP contribution is -1.85. The van der Waals surface area contributed by atoms with Crippen molar-refractivity contribution in [3.8, 4) is 0 Å². The van der Waals surface area contributed by atoms with E-state index in [9.17, 15) is 0 Å². The van der Waals surface area contributed by atoms with E-state index in [0.717, 1.165) is 5.25 Å². The minimum absolute atomic E-state index is 0.945. The van der Waals surface area contributed by atoms with Crippen molar-refractivity contribution in [3.63, 3.8) is 0 Å². The van der Waals surface area contributed by atoms with Crippen LogP contribution in [0.3, 0.4) is 0 Å². The van der Waals surface area contributed by atoms with Gasteiger partial charge in [0.1, 0.15) is 0 Å². The summed E-state index contributed by atoms with van der Waals surface area (Å²) < 4.78 is 0. The zero-order valence-electron chi connectivity index (χ0n) is 6.19. The zero-order valence-corrected chi connectivity index (χ0v) is 7.83. The molecule has 0 N–H and O–H groups in total. The summed E-state index contributed by atoms with van der Waals surface area (Å²) in [5, 5.41) is 0.945. The van der Waals surface area contributed by atoms with Gasteiger partial charge < -0.3 is 0 Å². The predicted molar refractivity (Wildman–Crippen MR) is 53.4 cm³/mol. The summed E-state index contributed by atoms with van der Waals surface area (Å²) in [6, 6.07) is 10.6. The molecule has 0 unspecified atom stereocenters. The third kappa shape index (κ3) is 2.46. The average molecular weight is 182 g/mol. The fourth-order valence-corrected chi connectivity index (χ4v) is 2.71. The molecular formula is C9H10S2. The molecule has 0 nitrogen and oxygen atoms in total. The topological polar surface area (TPSA) is 0 Å². The summed E-state index contributed by atoms with van der Waals surface area (Å²) in [5.74, 6) is 2.66. The van der Waals surface area contributed by atoms with Crippen molar-refractivity contribution in [2.24, 2.45) is 0 Å². The Morgan fingerprint density at radius 2 is 2.09 bits per heavy atom. The van der Waals surface area contributed by atoms with Crippen LogP contribution in [0.1, 0.15) is 0 Å². The summed E-state index contributed by atoms with van der Waals surface area (Å²) in [7, 11) is 0. The van der Waals surface area contributed by atoms with Crippen molar-refractivity contribution in [1.82, 2.24) is 0 Å². The van der Waals surface area contributed by atoms with Crippen LogP contribution in [0, 0.1) is 0 Å². The minimum Gasteiger partial charge on any atom is -0.156 e. The van der Waals surface area contributed by atoms with E-state index in [1.54, 1.807) is 0 Å². The van der Waals surface area contributed by atoms with Gasteiger partial charge in [0.25, 0.3) is 0 Å². The molecular weight excluding hydrogens is 172 g/mol. The van der Waals surface area contributed by atoms with Crippen LogP contribution in [0.5, 0.6) is 0 Å². The van der Waals surface area contributed by atoms with Gasteiger partial charge in [-0.25, -0.2) is 0 Å². The summed E-state index contributed by atoms with van der Waals surface area (Å²) in [6.45, 7) is 0. The lowest BCUT2D eigenvalue weighted by Gasteiger charge is -1.96. The molecule has 1 saturated heterocycles. The number of rotatable bonds is 3. The molecule has 0 aromatic heterocycles. The van der Waals surface area contributed by atoms with E-state index in [-0.39, 0.29) is 0 Å². The molecule has 1 atom stereocenters. The van der Waals surface area contributed by atoms with Gasteiger partial charge in [0.05, 0.1) is 0 Å². The Labute approximate surface area is 75.8 Å². The Hall–Kier alpha value is -0.0800. The Bertz CT molecular complexity index is 216. The summed E-state index contributed by atoms with van der Waals surface area (Å²) >= 11 is 4.04. The maximum Gasteiger partial charge on any atom is 0.0232 e. The molecule has 2 heteroatoms. The maximum atomic E-state index is 2.18. The highest BCUT2D eigenvalue weighted by Crippen LogP contribution is 2.34. The summed E-state index contributed by atoms with van der Waals surface area (Å²) in [6.07, 6.45) is 0. The number of benzene rings is 1. The molecule has 58 valence electrons. The molecule has 1 heterocycles. The zero-order chi connectivity index (χ0) is 7.52. The smallest absolute Gasteiger partial charge is 0.0232 e. The Kier molecular flexibility index (Phi) is 2.44. The van der Waals surface area contributed by atoms with E-state index in [1.807, 2.05) is 11.8 Å². The lowest BCUT2D eigenvalue weighted by atomic mass is 10.4. The highest BCUT2D eigenvalue weighted by molar-refractivity contribution is 8.08. The standard InChI is InChI=1S/C9H10S2/c1-2-4-8(5-3-1)10-6-9-7-11-9/h1-5,9H,6-7H2/t9-/m0/s1. The Balaban J connectivity index is 1.85. The van der Waals surface area contributed by atoms with Crippen molar-refractivity contribution in [1.29, 1.82) is 0 Å². The predicted octanol–water partition coefficient (Wildman–Crippen LogP) is 2.89. The minimum atomic E-state index is 0.945. The molecule has 0 spiro atoms. The lowest BCUT2D eigenvalue weighted by molar-refractivity contribution is 1.26. The van der Waals surface area contributed by atoms with Crippen LogP contribution in [0.2, 0.25) is 0 Å². The fraction of sp³-hybridized carbons (Fsp3) is 0.333. The van der Waals surface area contributed by atoms with Crippen molar-refractivity contribution in [2.75, 3.05) is 11.5 Å². The van der Waals surface area contributed by atoms with Crippen LogP contribution in [-0.2, 0) is 0 Å². The molecule has 2 rings (SSSR count). The van der Waals surface area contributed by atoms with Gasteiger partial charge in [0.15, 0.2) is 0 Å². The van der Waals surface area contributed by atoms with Gasteiger partial charge in [-0.1, -0.05) is 18.2 Å². The second-order valence-electron chi connectivity index (χ2n) is 2.58. The molecule has 0 bridgehead atoms. The fourth-order valence-electron chi connectivity index (χ4n) is 0.870. The average Bonchev–Trinajstić information content (AvgIpc) is 2.86. The molecule has 0 radical (unpaired) electrons. The van der Waals surface area contributed by atoms with E-state index >= 15 is 0 Å². The molecule has 0 aliphatic carbocycles. The number of thioether (sulfide) groups is 2. The van der Waals surface area contributed by atoms with E-state index < -0.39 is 0 Å². The third-order valence-corrected chi connectivity index (χ3v) is 3.94. The van der Waals surface area contributed by atoms with E-state index in [1.165, 1.54) is 16.4 Å². The molecule has 0 saturated carbocycles. The summed E-state index contributed by atoms with van der Waals surface area (Å²) in [5.41, 5.74) is 0. The van der Waals surface area contributed by atoms with Gasteiger partial charge in [0, 0.05) is 21.7 Å². The molecule has 1 aromatic rings. The first kappa shape index (κ1) is 7.56. The largest absolute Gasteiger partial charge is 0.156 e. The molecule has 1 aliphatic rings. The van der Waals surface area contributed by atoms with Crippen LogP contribution in [0.4, 0.5) is 0 Å².